The lowest BCUT2D eigenvalue weighted by Gasteiger charge is -2.26. The maximum Gasteiger partial charge on any atom is 0.416 e. The van der Waals surface area contributed by atoms with E-state index in [0.29, 0.717) is 5.56 Å². The van der Waals surface area contributed by atoms with Crippen molar-refractivity contribution in [3.63, 3.8) is 0 Å². The Kier molecular flexibility index (Phi) is 7.08. The molecule has 3 aromatic rings. The molecule has 3 rings (SSSR count). The fourth-order valence-electron chi connectivity index (χ4n) is 3.53. The Morgan fingerprint density at radius 3 is 2.30 bits per heavy atom. The predicted molar refractivity (Wildman–Crippen MR) is 115 cm³/mol. The molecule has 8 heteroatoms. The summed E-state index contributed by atoms with van der Waals surface area (Å²) in [7, 11) is -3.63. The molecule has 0 saturated carbocycles. The number of aryl methyl sites for hydroxylation is 1. The summed E-state index contributed by atoms with van der Waals surface area (Å²) in [6, 6.07) is 13.0. The molecule has 0 spiro atoms. The van der Waals surface area contributed by atoms with Crippen molar-refractivity contribution >= 4 is 29.0 Å². The van der Waals surface area contributed by atoms with Crippen molar-refractivity contribution in [2.24, 2.45) is 0 Å². The Labute approximate surface area is 178 Å². The van der Waals surface area contributed by atoms with E-state index in [1.165, 1.54) is 17.4 Å². The number of alkyl halides is 3. The minimum absolute atomic E-state index is 0.120. The van der Waals surface area contributed by atoms with Crippen LogP contribution in [0.5, 0.6) is 0 Å². The molecule has 0 aliphatic rings. The number of rotatable bonds is 8. The van der Waals surface area contributed by atoms with E-state index in [1.807, 2.05) is 31.2 Å². The molecule has 162 valence electrons. The second-order valence-corrected chi connectivity index (χ2v) is 10.2. The second kappa shape index (κ2) is 9.23. The average Bonchev–Trinajstić information content (AvgIpc) is 3.02. The van der Waals surface area contributed by atoms with Crippen LogP contribution in [-0.4, -0.2) is 13.2 Å². The molecule has 1 aromatic heterocycles. The van der Waals surface area contributed by atoms with Gasteiger partial charge < -0.3 is 9.05 Å². The first kappa shape index (κ1) is 23.0. The van der Waals surface area contributed by atoms with E-state index in [4.69, 9.17) is 9.05 Å². The molecule has 0 saturated heterocycles. The number of halogens is 3. The highest BCUT2D eigenvalue weighted by molar-refractivity contribution is 7.54. The number of fused-ring (bicyclic) bond motifs is 1. The molecule has 0 N–H and O–H groups in total. The lowest BCUT2D eigenvalue weighted by molar-refractivity contribution is -0.137. The SMILES string of the molecule is CCOP(=O)(OCC)C(Cc1cccc(C(F)(F)F)c1)c1sc2ccccc2c1C. The average molecular weight is 456 g/mol. The quantitative estimate of drug-likeness (QED) is 0.325. The van der Waals surface area contributed by atoms with Crippen molar-refractivity contribution in [3.8, 4) is 0 Å². The third kappa shape index (κ3) is 4.80. The highest BCUT2D eigenvalue weighted by Gasteiger charge is 2.39. The van der Waals surface area contributed by atoms with Gasteiger partial charge in [0.1, 0.15) is 0 Å². The van der Waals surface area contributed by atoms with Crippen LogP contribution >= 0.6 is 18.9 Å². The van der Waals surface area contributed by atoms with Gasteiger partial charge in [0.2, 0.25) is 0 Å². The van der Waals surface area contributed by atoms with E-state index in [9.17, 15) is 17.7 Å². The monoisotopic (exact) mass is 456 g/mol. The molecule has 1 atom stereocenters. The molecule has 3 nitrogen and oxygen atoms in total. The van der Waals surface area contributed by atoms with Crippen LogP contribution < -0.4 is 0 Å². The van der Waals surface area contributed by atoms with E-state index in [2.05, 4.69) is 0 Å². The number of hydrogen-bond acceptors (Lipinski definition) is 4. The highest BCUT2D eigenvalue weighted by Crippen LogP contribution is 2.64. The Hall–Kier alpha value is -1.66. The van der Waals surface area contributed by atoms with E-state index < -0.39 is 25.0 Å². The lowest BCUT2D eigenvalue weighted by atomic mass is 10.0. The zero-order valence-corrected chi connectivity index (χ0v) is 18.7. The van der Waals surface area contributed by atoms with Gasteiger partial charge in [0.15, 0.2) is 0 Å². The third-order valence-corrected chi connectivity index (χ3v) is 8.87. The molecular formula is C22H24F3O3PS. The Morgan fingerprint density at radius 1 is 1.03 bits per heavy atom. The van der Waals surface area contributed by atoms with Crippen molar-refractivity contribution in [2.75, 3.05) is 13.2 Å². The van der Waals surface area contributed by atoms with Gasteiger partial charge in [0, 0.05) is 9.58 Å². The predicted octanol–water partition coefficient (Wildman–Crippen LogP) is 7.78. The van der Waals surface area contributed by atoms with Crippen LogP contribution in [0.3, 0.4) is 0 Å². The molecule has 0 aliphatic heterocycles. The molecule has 0 amide bonds. The summed E-state index contributed by atoms with van der Waals surface area (Å²) in [4.78, 5) is 0.818. The van der Waals surface area contributed by atoms with E-state index >= 15 is 0 Å². The third-order valence-electron chi connectivity index (χ3n) is 4.87. The number of thiophene rings is 1. The summed E-state index contributed by atoms with van der Waals surface area (Å²) >= 11 is 1.49. The first-order valence-electron chi connectivity index (χ1n) is 9.72. The molecule has 0 radical (unpaired) electrons. The molecule has 2 aromatic carbocycles. The molecular weight excluding hydrogens is 432 g/mol. The molecule has 1 unspecified atom stereocenters. The van der Waals surface area contributed by atoms with Gasteiger partial charge in [-0.25, -0.2) is 0 Å². The standard InChI is InChI=1S/C22H24F3O3PS/c1-4-27-29(26,28-5-2)19(14-16-9-8-10-17(13-16)22(23,24)25)21-15(3)18-11-6-7-12-20(18)30-21/h6-13,19H,4-5,14H2,1-3H3. The topological polar surface area (TPSA) is 35.5 Å². The zero-order valence-electron chi connectivity index (χ0n) is 17.0. The normalized spacial score (nSPS) is 13.7. The van der Waals surface area contributed by atoms with Crippen LogP contribution in [0.25, 0.3) is 10.1 Å². The van der Waals surface area contributed by atoms with Crippen LogP contribution in [0.2, 0.25) is 0 Å². The summed E-state index contributed by atoms with van der Waals surface area (Å²) in [5.41, 5.74) is -0.0359. The van der Waals surface area contributed by atoms with Crippen LogP contribution in [0, 0.1) is 6.92 Å². The van der Waals surface area contributed by atoms with Crippen LogP contribution in [0.4, 0.5) is 13.2 Å². The summed E-state index contributed by atoms with van der Waals surface area (Å²) in [5.74, 6) is 0. The van der Waals surface area contributed by atoms with Crippen LogP contribution in [0.15, 0.2) is 48.5 Å². The van der Waals surface area contributed by atoms with Gasteiger partial charge in [-0.3, -0.25) is 4.57 Å². The van der Waals surface area contributed by atoms with E-state index in [1.54, 1.807) is 19.9 Å². The van der Waals surface area contributed by atoms with Crippen molar-refractivity contribution < 1.29 is 26.8 Å². The van der Waals surface area contributed by atoms with Gasteiger partial charge in [-0.1, -0.05) is 36.4 Å². The van der Waals surface area contributed by atoms with Crippen molar-refractivity contribution in [1.29, 1.82) is 0 Å². The molecule has 0 aliphatic carbocycles. The van der Waals surface area contributed by atoms with Gasteiger partial charge in [-0.05, 0) is 55.8 Å². The largest absolute Gasteiger partial charge is 0.416 e. The first-order chi connectivity index (χ1) is 14.2. The maximum atomic E-state index is 13.8. The van der Waals surface area contributed by atoms with Gasteiger partial charge >= 0.3 is 13.8 Å². The van der Waals surface area contributed by atoms with E-state index in [0.717, 1.165) is 32.7 Å². The number of hydrogen-bond donors (Lipinski definition) is 0. The summed E-state index contributed by atoms with van der Waals surface area (Å²) in [6.07, 6.45) is -4.32. The highest BCUT2D eigenvalue weighted by atomic mass is 32.1. The first-order valence-corrected chi connectivity index (χ1v) is 12.2. The molecule has 30 heavy (non-hydrogen) atoms. The number of benzene rings is 2. The van der Waals surface area contributed by atoms with Crippen molar-refractivity contribution in [2.45, 2.75) is 39.0 Å². The minimum atomic E-state index is -4.44. The van der Waals surface area contributed by atoms with Gasteiger partial charge in [-0.15, -0.1) is 11.3 Å². The van der Waals surface area contributed by atoms with Crippen molar-refractivity contribution in [3.05, 3.63) is 70.1 Å². The fourth-order valence-corrected chi connectivity index (χ4v) is 7.35. The molecule has 1 heterocycles. The summed E-state index contributed by atoms with van der Waals surface area (Å²) < 4.78 is 65.7. The summed E-state index contributed by atoms with van der Waals surface area (Å²) in [5, 5.41) is 1.03. The van der Waals surface area contributed by atoms with Gasteiger partial charge in [0.05, 0.1) is 24.4 Å². The second-order valence-electron chi connectivity index (χ2n) is 6.88. The lowest BCUT2D eigenvalue weighted by Crippen LogP contribution is -2.11. The Morgan fingerprint density at radius 2 is 1.70 bits per heavy atom. The van der Waals surface area contributed by atoms with Crippen LogP contribution in [-0.2, 0) is 26.2 Å². The van der Waals surface area contributed by atoms with Crippen LogP contribution in [0.1, 0.15) is 41.1 Å². The minimum Gasteiger partial charge on any atom is -0.308 e. The maximum absolute atomic E-state index is 13.8. The van der Waals surface area contributed by atoms with Gasteiger partial charge in [-0.2, -0.15) is 13.2 Å². The van der Waals surface area contributed by atoms with Gasteiger partial charge in [0.25, 0.3) is 0 Å². The molecule has 0 fully saturated rings. The fraction of sp³-hybridized carbons (Fsp3) is 0.364. The smallest absolute Gasteiger partial charge is 0.308 e. The Bertz CT molecular complexity index is 1050. The van der Waals surface area contributed by atoms with Crippen molar-refractivity contribution in [1.82, 2.24) is 0 Å². The van der Waals surface area contributed by atoms with E-state index in [-0.39, 0.29) is 19.6 Å². The summed E-state index contributed by atoms with van der Waals surface area (Å²) in [6.45, 7) is 5.76. The molecule has 0 bridgehead atoms. The Balaban J connectivity index is 2.12. The zero-order chi connectivity index (χ0) is 21.9.